The van der Waals surface area contributed by atoms with Crippen molar-refractivity contribution in [1.29, 1.82) is 0 Å². The molecule has 0 aliphatic rings. The zero-order valence-electron chi connectivity index (χ0n) is 14.0. The summed E-state index contributed by atoms with van der Waals surface area (Å²) in [5, 5.41) is 2.51. The van der Waals surface area contributed by atoms with Gasteiger partial charge >= 0.3 is 0 Å². The van der Waals surface area contributed by atoms with Crippen molar-refractivity contribution < 1.29 is 13.6 Å². The lowest BCUT2D eigenvalue weighted by Crippen LogP contribution is -2.23. The third-order valence-corrected chi connectivity index (χ3v) is 5.03. The molecular weight excluding hydrogens is 328 g/mol. The third-order valence-electron chi connectivity index (χ3n) is 3.94. The van der Waals surface area contributed by atoms with Gasteiger partial charge in [0.25, 0.3) is 0 Å². The summed E-state index contributed by atoms with van der Waals surface area (Å²) in [7, 11) is 0. The van der Waals surface area contributed by atoms with E-state index in [-0.39, 0.29) is 5.91 Å². The first-order chi connectivity index (χ1) is 11.4. The summed E-state index contributed by atoms with van der Waals surface area (Å²) in [6.07, 6.45) is 0.978. The van der Waals surface area contributed by atoms with E-state index < -0.39 is 16.9 Å². The fraction of sp³-hybridized carbons (Fsp3) is 0.316. The van der Waals surface area contributed by atoms with Crippen molar-refractivity contribution in [3.63, 3.8) is 0 Å². The Hall–Kier alpha value is -1.88. The van der Waals surface area contributed by atoms with Gasteiger partial charge in [0.15, 0.2) is 11.6 Å². The number of para-hydroxylation sites is 1. The molecule has 1 amide bonds. The van der Waals surface area contributed by atoms with Crippen molar-refractivity contribution in [3.05, 3.63) is 59.7 Å². The fourth-order valence-corrected chi connectivity index (χ4v) is 3.19. The predicted molar refractivity (Wildman–Crippen MR) is 95.5 cm³/mol. The van der Waals surface area contributed by atoms with Crippen LogP contribution in [0.1, 0.15) is 38.7 Å². The summed E-state index contributed by atoms with van der Waals surface area (Å²) in [5.74, 6) is -1.62. The minimum Gasteiger partial charge on any atom is -0.325 e. The number of hydrogen-bond donors (Lipinski definition) is 1. The van der Waals surface area contributed by atoms with Crippen LogP contribution in [0.5, 0.6) is 0 Å². The van der Waals surface area contributed by atoms with E-state index in [1.165, 1.54) is 17.8 Å². The van der Waals surface area contributed by atoms with E-state index in [4.69, 9.17) is 0 Å². The van der Waals surface area contributed by atoms with E-state index in [0.29, 0.717) is 10.8 Å². The molecule has 0 unspecified atom stereocenters. The molecule has 0 aliphatic heterocycles. The van der Waals surface area contributed by atoms with E-state index in [1.807, 2.05) is 24.3 Å². The maximum atomic E-state index is 13.3. The summed E-state index contributed by atoms with van der Waals surface area (Å²) < 4.78 is 26.2. The molecule has 0 fully saturated rings. The van der Waals surface area contributed by atoms with Crippen LogP contribution in [-0.4, -0.2) is 11.2 Å². The topological polar surface area (TPSA) is 29.1 Å². The summed E-state index contributed by atoms with van der Waals surface area (Å²) >= 11 is 1.20. The number of thioether (sulfide) groups is 1. The monoisotopic (exact) mass is 349 g/mol. The Labute approximate surface area is 145 Å². The normalized spacial score (nSPS) is 13.4. The quantitative estimate of drug-likeness (QED) is 0.688. The summed E-state index contributed by atoms with van der Waals surface area (Å²) in [5.41, 5.74) is 1.90. The number of benzene rings is 2. The van der Waals surface area contributed by atoms with Crippen molar-refractivity contribution in [2.24, 2.45) is 0 Å². The zero-order chi connectivity index (χ0) is 17.7. The van der Waals surface area contributed by atoms with Crippen LogP contribution in [0.3, 0.4) is 0 Å². The first-order valence-electron chi connectivity index (χ1n) is 7.93. The Morgan fingerprint density at radius 2 is 1.83 bits per heavy atom. The third kappa shape index (κ3) is 4.57. The highest BCUT2D eigenvalue weighted by molar-refractivity contribution is 8.00. The molecule has 24 heavy (non-hydrogen) atoms. The second kappa shape index (κ2) is 8.29. The zero-order valence-corrected chi connectivity index (χ0v) is 14.8. The van der Waals surface area contributed by atoms with Gasteiger partial charge in [0, 0.05) is 10.6 Å². The maximum absolute atomic E-state index is 13.3. The first-order valence-corrected chi connectivity index (χ1v) is 8.81. The van der Waals surface area contributed by atoms with Gasteiger partial charge in [0.1, 0.15) is 0 Å². The van der Waals surface area contributed by atoms with Crippen LogP contribution in [0.15, 0.2) is 47.4 Å². The number of anilines is 1. The highest BCUT2D eigenvalue weighted by atomic mass is 32.2. The molecule has 128 valence electrons. The molecule has 0 aromatic heterocycles. The van der Waals surface area contributed by atoms with E-state index in [1.54, 1.807) is 6.92 Å². The molecule has 0 heterocycles. The molecule has 2 nitrogen and oxygen atoms in total. The maximum Gasteiger partial charge on any atom is 0.237 e. The van der Waals surface area contributed by atoms with Gasteiger partial charge in [-0.15, -0.1) is 11.8 Å². The van der Waals surface area contributed by atoms with E-state index in [0.717, 1.165) is 29.8 Å². The van der Waals surface area contributed by atoms with Crippen LogP contribution in [0.25, 0.3) is 0 Å². The number of carbonyl (C=O) groups is 1. The molecule has 0 aliphatic carbocycles. The molecular formula is C19H21F2NOS. The summed E-state index contributed by atoms with van der Waals surface area (Å²) in [6.45, 7) is 5.96. The highest BCUT2D eigenvalue weighted by Gasteiger charge is 2.18. The Balaban J connectivity index is 2.08. The minimum absolute atomic E-state index is 0.166. The van der Waals surface area contributed by atoms with E-state index >= 15 is 0 Å². The lowest BCUT2D eigenvalue weighted by atomic mass is 9.97. The average Bonchev–Trinajstić information content (AvgIpc) is 2.58. The van der Waals surface area contributed by atoms with Crippen LogP contribution in [0.2, 0.25) is 0 Å². The van der Waals surface area contributed by atoms with Gasteiger partial charge in [0.05, 0.1) is 5.25 Å². The van der Waals surface area contributed by atoms with Crippen LogP contribution in [0, 0.1) is 11.6 Å². The summed E-state index contributed by atoms with van der Waals surface area (Å²) in [4.78, 5) is 13.0. The largest absolute Gasteiger partial charge is 0.325 e. The standard InChI is InChI=1S/C19H21F2NOS/c1-4-12(2)15-7-5-6-8-18(15)22-19(23)13(3)24-14-9-10-16(20)17(21)11-14/h5-13H,4H2,1-3H3,(H,22,23)/t12-,13+/m1/s1. The molecule has 2 rings (SSSR count). The van der Waals surface area contributed by atoms with E-state index in [2.05, 4.69) is 19.2 Å². The number of halogens is 2. The minimum atomic E-state index is -0.908. The number of hydrogen-bond acceptors (Lipinski definition) is 2. The molecule has 0 bridgehead atoms. The van der Waals surface area contributed by atoms with Crippen molar-refractivity contribution >= 4 is 23.4 Å². The van der Waals surface area contributed by atoms with Crippen molar-refractivity contribution in [2.45, 2.75) is 43.3 Å². The van der Waals surface area contributed by atoms with Gasteiger partial charge in [-0.2, -0.15) is 0 Å². The molecule has 0 radical (unpaired) electrons. The molecule has 1 N–H and O–H groups in total. The second-order valence-electron chi connectivity index (χ2n) is 5.72. The molecule has 5 heteroatoms. The van der Waals surface area contributed by atoms with Gasteiger partial charge in [-0.25, -0.2) is 8.78 Å². The molecule has 2 aromatic carbocycles. The molecule has 2 aromatic rings. The highest BCUT2D eigenvalue weighted by Crippen LogP contribution is 2.29. The number of amides is 1. The van der Waals surface area contributed by atoms with Crippen LogP contribution in [-0.2, 0) is 4.79 Å². The molecule has 0 spiro atoms. The van der Waals surface area contributed by atoms with Gasteiger partial charge < -0.3 is 5.32 Å². The lowest BCUT2D eigenvalue weighted by Gasteiger charge is -2.17. The summed E-state index contributed by atoms with van der Waals surface area (Å²) in [6, 6.07) is 11.4. The van der Waals surface area contributed by atoms with Crippen molar-refractivity contribution in [1.82, 2.24) is 0 Å². The second-order valence-corrected chi connectivity index (χ2v) is 7.14. The lowest BCUT2D eigenvalue weighted by molar-refractivity contribution is -0.115. The van der Waals surface area contributed by atoms with E-state index in [9.17, 15) is 13.6 Å². The van der Waals surface area contributed by atoms with Gasteiger partial charge in [-0.05, 0) is 49.1 Å². The molecule has 0 saturated heterocycles. The Kier molecular flexibility index (Phi) is 6.37. The predicted octanol–water partition coefficient (Wildman–Crippen LogP) is 5.60. The van der Waals surface area contributed by atoms with Crippen molar-refractivity contribution in [3.8, 4) is 0 Å². The first kappa shape index (κ1) is 18.5. The smallest absolute Gasteiger partial charge is 0.237 e. The van der Waals surface area contributed by atoms with Crippen LogP contribution >= 0.6 is 11.8 Å². The molecule has 0 saturated carbocycles. The van der Waals surface area contributed by atoms with Crippen LogP contribution < -0.4 is 5.32 Å². The van der Waals surface area contributed by atoms with Crippen LogP contribution in [0.4, 0.5) is 14.5 Å². The number of nitrogens with one attached hydrogen (secondary N) is 1. The average molecular weight is 349 g/mol. The number of rotatable bonds is 6. The number of carbonyl (C=O) groups excluding carboxylic acids is 1. The van der Waals surface area contributed by atoms with Gasteiger partial charge in [-0.1, -0.05) is 32.0 Å². The van der Waals surface area contributed by atoms with Gasteiger partial charge in [0.2, 0.25) is 5.91 Å². The van der Waals surface area contributed by atoms with Crippen molar-refractivity contribution in [2.75, 3.05) is 5.32 Å². The molecule has 2 atom stereocenters. The Morgan fingerprint density at radius 1 is 1.12 bits per heavy atom. The SMILES string of the molecule is CC[C@@H](C)c1ccccc1NC(=O)[C@H](C)Sc1ccc(F)c(F)c1. The Morgan fingerprint density at radius 3 is 2.50 bits per heavy atom. The fourth-order valence-electron chi connectivity index (χ4n) is 2.30. The van der Waals surface area contributed by atoms with Gasteiger partial charge in [-0.3, -0.25) is 4.79 Å². The Bertz CT molecular complexity index is 720.